The third-order valence-corrected chi connectivity index (χ3v) is 2.45. The Morgan fingerprint density at radius 2 is 1.33 bits per heavy atom. The van der Waals surface area contributed by atoms with Crippen LogP contribution < -0.4 is 0 Å². The number of hydrogen-bond acceptors (Lipinski definition) is 0. The Labute approximate surface area is 57.2 Å². The molecule has 0 aliphatic rings. The first kappa shape index (κ1) is 15.8. The van der Waals surface area contributed by atoms with E-state index in [0.29, 0.717) is 0 Å². The van der Waals surface area contributed by atoms with E-state index in [-0.39, 0.29) is 18.9 Å². The largest absolute Gasteiger partial charge is 0.269 e. The molecule has 0 heterocycles. The Kier molecular flexibility index (Phi) is 27.5. The lowest BCUT2D eigenvalue weighted by Gasteiger charge is -1.82. The van der Waals surface area contributed by atoms with Crippen molar-refractivity contribution < 1.29 is 9.41 Å². The van der Waals surface area contributed by atoms with Crippen LogP contribution in [-0.4, -0.2) is 9.52 Å². The summed E-state index contributed by atoms with van der Waals surface area (Å²) in [5, 5.41) is 0. The van der Waals surface area contributed by atoms with Gasteiger partial charge >= 0.3 is 0 Å². The quantitative estimate of drug-likeness (QED) is 0.326. The van der Waals surface area contributed by atoms with Gasteiger partial charge in [-0.3, -0.25) is 9.41 Å². The highest BCUT2D eigenvalue weighted by molar-refractivity contribution is 6.36. The zero-order valence-electron chi connectivity index (χ0n) is 5.51. The molecule has 0 bridgehead atoms. The van der Waals surface area contributed by atoms with Crippen molar-refractivity contribution in [3.05, 3.63) is 25.3 Å². The minimum atomic E-state index is 0. The third kappa shape index (κ3) is 18.4. The van der Waals surface area contributed by atoms with Gasteiger partial charge < -0.3 is 0 Å². The van der Waals surface area contributed by atoms with Crippen molar-refractivity contribution in [3.63, 3.8) is 0 Å². The number of allylic oxidation sites excluding steroid dienone is 2. The van der Waals surface area contributed by atoms with Crippen LogP contribution in [0.3, 0.4) is 0 Å². The van der Waals surface area contributed by atoms with Gasteiger partial charge in [0.1, 0.15) is 0 Å². The SMILES string of the molecule is C=CC[SiH2]CC=C.F.F. The van der Waals surface area contributed by atoms with Gasteiger partial charge in [-0.2, -0.15) is 0 Å². The van der Waals surface area contributed by atoms with E-state index < -0.39 is 0 Å². The summed E-state index contributed by atoms with van der Waals surface area (Å²) in [5.41, 5.74) is 0. The number of rotatable bonds is 4. The molecule has 0 aromatic rings. The summed E-state index contributed by atoms with van der Waals surface area (Å²) in [4.78, 5) is 0. The molecule has 0 radical (unpaired) electrons. The molecule has 0 spiro atoms. The molecule has 0 rings (SSSR count). The van der Waals surface area contributed by atoms with E-state index in [9.17, 15) is 0 Å². The molecule has 0 amide bonds. The Morgan fingerprint density at radius 1 is 1.00 bits per heavy atom. The fraction of sp³-hybridized carbons (Fsp3) is 0.333. The Balaban J connectivity index is -0.000000180. The Hall–Kier alpha value is -0.443. The van der Waals surface area contributed by atoms with Gasteiger partial charge in [0.15, 0.2) is 0 Å². The summed E-state index contributed by atoms with van der Waals surface area (Å²) >= 11 is 0. The molecule has 0 nitrogen and oxygen atoms in total. The van der Waals surface area contributed by atoms with E-state index in [2.05, 4.69) is 13.2 Å². The lowest BCUT2D eigenvalue weighted by atomic mass is 10.7. The van der Waals surface area contributed by atoms with E-state index in [0.717, 1.165) is 0 Å². The van der Waals surface area contributed by atoms with Crippen LogP contribution >= 0.6 is 0 Å². The van der Waals surface area contributed by atoms with Crippen LogP contribution in [-0.2, 0) is 0 Å². The second-order valence-electron chi connectivity index (χ2n) is 1.51. The van der Waals surface area contributed by atoms with Crippen LogP contribution in [0, 0.1) is 0 Å². The summed E-state index contributed by atoms with van der Waals surface area (Å²) in [6.45, 7) is 7.27. The van der Waals surface area contributed by atoms with Gasteiger partial charge in [-0.25, -0.2) is 0 Å². The fourth-order valence-electron chi connectivity index (χ4n) is 0.407. The van der Waals surface area contributed by atoms with E-state index in [1.54, 1.807) is 0 Å². The van der Waals surface area contributed by atoms with Gasteiger partial charge in [0, 0.05) is 9.52 Å². The highest BCUT2D eigenvalue weighted by Gasteiger charge is 1.75. The molecule has 0 fully saturated rings. The Bertz CT molecular complexity index is 56.1. The molecule has 0 saturated heterocycles. The molecule has 9 heavy (non-hydrogen) atoms. The van der Waals surface area contributed by atoms with Gasteiger partial charge in [0.05, 0.1) is 0 Å². The molecule has 0 unspecified atom stereocenters. The van der Waals surface area contributed by atoms with Gasteiger partial charge in [0.2, 0.25) is 0 Å². The van der Waals surface area contributed by atoms with Crippen LogP contribution in [0.2, 0.25) is 12.1 Å². The van der Waals surface area contributed by atoms with Crippen LogP contribution in [0.4, 0.5) is 9.41 Å². The summed E-state index contributed by atoms with van der Waals surface area (Å²) in [7, 11) is 0.175. The van der Waals surface area contributed by atoms with E-state index >= 15 is 0 Å². The summed E-state index contributed by atoms with van der Waals surface area (Å²) in [6.07, 6.45) is 3.99. The lowest BCUT2D eigenvalue weighted by molar-refractivity contribution is 1.11. The number of halogens is 2. The molecule has 0 aromatic carbocycles. The minimum Gasteiger partial charge on any atom is -0.269 e. The van der Waals surface area contributed by atoms with Crippen molar-refractivity contribution in [2.75, 3.05) is 0 Å². The zero-order chi connectivity index (χ0) is 5.54. The molecular formula is C6H14F2Si. The van der Waals surface area contributed by atoms with Crippen LogP contribution in [0.5, 0.6) is 0 Å². The first-order chi connectivity index (χ1) is 3.41. The minimum absolute atomic E-state index is 0. The van der Waals surface area contributed by atoms with E-state index in [1.807, 2.05) is 12.2 Å². The standard InChI is InChI=1S/C6H12Si.2FH/c1-3-5-7-6-4-2;;/h3-4H,1-2,5-7H2;2*1H. The van der Waals surface area contributed by atoms with Crippen LogP contribution in [0.15, 0.2) is 25.3 Å². The highest BCUT2D eigenvalue weighted by Crippen LogP contribution is 1.84. The van der Waals surface area contributed by atoms with Gasteiger partial charge in [-0.05, 0) is 12.1 Å². The predicted octanol–water partition coefficient (Wildman–Crippen LogP) is 1.67. The average molecular weight is 152 g/mol. The maximum atomic E-state index is 3.63. The molecule has 0 atom stereocenters. The number of hydrogen-bond donors (Lipinski definition) is 0. The van der Waals surface area contributed by atoms with Crippen molar-refractivity contribution in [1.82, 2.24) is 0 Å². The maximum Gasteiger partial charge on any atom is 0.0280 e. The van der Waals surface area contributed by atoms with Crippen molar-refractivity contribution in [1.29, 1.82) is 0 Å². The monoisotopic (exact) mass is 152 g/mol. The molecule has 0 aliphatic carbocycles. The second kappa shape index (κ2) is 15.6. The maximum absolute atomic E-state index is 3.63. The summed E-state index contributed by atoms with van der Waals surface area (Å²) < 4.78 is 0. The second-order valence-corrected chi connectivity index (χ2v) is 3.37. The topological polar surface area (TPSA) is 0 Å². The lowest BCUT2D eigenvalue weighted by Crippen LogP contribution is -1.79. The molecule has 0 N–H and O–H groups in total. The third-order valence-electron chi connectivity index (χ3n) is 0.816. The van der Waals surface area contributed by atoms with Crippen LogP contribution in [0.25, 0.3) is 0 Å². The van der Waals surface area contributed by atoms with E-state index in [4.69, 9.17) is 0 Å². The first-order valence-corrected chi connectivity index (χ1v) is 4.63. The summed E-state index contributed by atoms with van der Waals surface area (Å²) in [5.74, 6) is 0. The van der Waals surface area contributed by atoms with Gasteiger partial charge in [0.25, 0.3) is 0 Å². The van der Waals surface area contributed by atoms with Crippen LogP contribution in [0.1, 0.15) is 0 Å². The normalized spacial score (nSPS) is 6.22. The smallest absolute Gasteiger partial charge is 0.0280 e. The molecular weight excluding hydrogens is 138 g/mol. The predicted molar refractivity (Wildman–Crippen MR) is 43.6 cm³/mol. The average Bonchev–Trinajstić information content (AvgIpc) is 1.69. The van der Waals surface area contributed by atoms with Crippen molar-refractivity contribution in [3.8, 4) is 0 Å². The molecule has 0 aliphatic heterocycles. The zero-order valence-corrected chi connectivity index (χ0v) is 6.92. The molecule has 56 valence electrons. The molecule has 3 heteroatoms. The molecule has 0 saturated carbocycles. The van der Waals surface area contributed by atoms with Gasteiger partial charge in [-0.1, -0.05) is 12.2 Å². The van der Waals surface area contributed by atoms with Crippen molar-refractivity contribution >= 4 is 9.52 Å². The Morgan fingerprint density at radius 3 is 1.56 bits per heavy atom. The first-order valence-electron chi connectivity index (χ1n) is 2.63. The van der Waals surface area contributed by atoms with Crippen molar-refractivity contribution in [2.24, 2.45) is 0 Å². The highest BCUT2D eigenvalue weighted by atomic mass is 28.2. The van der Waals surface area contributed by atoms with Crippen molar-refractivity contribution in [2.45, 2.75) is 12.1 Å². The fourth-order valence-corrected chi connectivity index (χ4v) is 1.22. The van der Waals surface area contributed by atoms with Gasteiger partial charge in [-0.15, -0.1) is 13.2 Å². The summed E-state index contributed by atoms with van der Waals surface area (Å²) in [6, 6.07) is 2.51. The molecule has 0 aromatic heterocycles. The van der Waals surface area contributed by atoms with E-state index in [1.165, 1.54) is 12.1 Å².